The second-order valence-corrected chi connectivity index (χ2v) is 4.40. The first-order valence-corrected chi connectivity index (χ1v) is 5.99. The molecule has 1 aromatic carbocycles. The molecule has 1 aromatic rings. The van der Waals surface area contributed by atoms with Crippen LogP contribution >= 0.6 is 0 Å². The highest BCUT2D eigenvalue weighted by atomic mass is 19.1. The van der Waals surface area contributed by atoms with Crippen LogP contribution in [0.2, 0.25) is 0 Å². The van der Waals surface area contributed by atoms with Crippen LogP contribution in [0, 0.1) is 11.6 Å². The average molecular weight is 286 g/mol. The van der Waals surface area contributed by atoms with E-state index in [9.17, 15) is 18.4 Å². The van der Waals surface area contributed by atoms with Crippen molar-refractivity contribution in [3.8, 4) is 0 Å². The van der Waals surface area contributed by atoms with Crippen LogP contribution in [0.1, 0.15) is 24.9 Å². The van der Waals surface area contributed by atoms with Crippen LogP contribution in [-0.2, 0) is 4.79 Å². The molecule has 0 fully saturated rings. The summed E-state index contributed by atoms with van der Waals surface area (Å²) in [6.07, 6.45) is -0.177. The lowest BCUT2D eigenvalue weighted by Gasteiger charge is -2.21. The molecule has 0 saturated carbocycles. The maximum atomic E-state index is 13.5. The van der Waals surface area contributed by atoms with E-state index in [4.69, 9.17) is 5.11 Å². The molecule has 2 amide bonds. The van der Waals surface area contributed by atoms with Crippen molar-refractivity contribution in [3.63, 3.8) is 0 Å². The molecule has 0 aliphatic carbocycles. The van der Waals surface area contributed by atoms with Gasteiger partial charge in [0.15, 0.2) is 0 Å². The predicted molar refractivity (Wildman–Crippen MR) is 68.2 cm³/mol. The fourth-order valence-electron chi connectivity index (χ4n) is 1.59. The number of carboxylic acid groups (broad SMARTS) is 1. The summed E-state index contributed by atoms with van der Waals surface area (Å²) in [4.78, 5) is 23.3. The summed E-state index contributed by atoms with van der Waals surface area (Å²) in [5, 5.41) is 11.0. The van der Waals surface area contributed by atoms with Gasteiger partial charge in [-0.3, -0.25) is 4.79 Å². The van der Waals surface area contributed by atoms with Crippen LogP contribution in [0.3, 0.4) is 0 Å². The number of amides is 2. The number of hydrogen-bond donors (Lipinski definition) is 2. The molecule has 0 aromatic heterocycles. The Morgan fingerprint density at radius 2 is 2.05 bits per heavy atom. The van der Waals surface area contributed by atoms with Crippen LogP contribution in [0.4, 0.5) is 13.6 Å². The molecule has 7 heteroatoms. The van der Waals surface area contributed by atoms with Gasteiger partial charge in [0, 0.05) is 25.2 Å². The lowest BCUT2D eigenvalue weighted by molar-refractivity contribution is -0.137. The summed E-state index contributed by atoms with van der Waals surface area (Å²) >= 11 is 0. The molecular weight excluding hydrogens is 270 g/mol. The van der Waals surface area contributed by atoms with Crippen LogP contribution in [0.25, 0.3) is 0 Å². The number of nitrogens with one attached hydrogen (secondary N) is 1. The zero-order valence-corrected chi connectivity index (χ0v) is 11.2. The summed E-state index contributed by atoms with van der Waals surface area (Å²) in [5.74, 6) is -2.45. The SMILES string of the molecule is C[C@@H](NC(=O)N(C)CCC(=O)O)c1ccc(F)cc1F. The number of nitrogens with zero attached hydrogens (tertiary/aromatic N) is 1. The van der Waals surface area contributed by atoms with Crippen LogP contribution in [0.5, 0.6) is 0 Å². The lowest BCUT2D eigenvalue weighted by Crippen LogP contribution is -2.39. The van der Waals surface area contributed by atoms with Gasteiger partial charge in [-0.15, -0.1) is 0 Å². The number of carbonyl (C=O) groups excluding carboxylic acids is 1. The van der Waals surface area contributed by atoms with Gasteiger partial charge in [-0.05, 0) is 13.0 Å². The molecular formula is C13H16F2N2O3. The molecule has 20 heavy (non-hydrogen) atoms. The molecule has 5 nitrogen and oxygen atoms in total. The third kappa shape index (κ3) is 4.49. The second-order valence-electron chi connectivity index (χ2n) is 4.40. The van der Waals surface area contributed by atoms with E-state index >= 15 is 0 Å². The Hall–Kier alpha value is -2.18. The van der Waals surface area contributed by atoms with E-state index in [1.807, 2.05) is 0 Å². The number of urea groups is 1. The highest BCUT2D eigenvalue weighted by Crippen LogP contribution is 2.17. The van der Waals surface area contributed by atoms with E-state index in [-0.39, 0.29) is 18.5 Å². The third-order valence-corrected chi connectivity index (χ3v) is 2.78. The van der Waals surface area contributed by atoms with Crippen molar-refractivity contribution in [1.82, 2.24) is 10.2 Å². The number of benzene rings is 1. The molecule has 0 heterocycles. The third-order valence-electron chi connectivity index (χ3n) is 2.78. The first-order chi connectivity index (χ1) is 9.31. The highest BCUT2D eigenvalue weighted by molar-refractivity contribution is 5.75. The molecule has 0 radical (unpaired) electrons. The van der Waals surface area contributed by atoms with Gasteiger partial charge in [0.25, 0.3) is 0 Å². The van der Waals surface area contributed by atoms with E-state index in [2.05, 4.69) is 5.32 Å². The van der Waals surface area contributed by atoms with Crippen molar-refractivity contribution in [2.24, 2.45) is 0 Å². The minimum atomic E-state index is -1.01. The van der Waals surface area contributed by atoms with Crippen LogP contribution in [-0.4, -0.2) is 35.6 Å². The van der Waals surface area contributed by atoms with Gasteiger partial charge in [0.05, 0.1) is 12.5 Å². The summed E-state index contributed by atoms with van der Waals surface area (Å²) in [7, 11) is 1.44. The van der Waals surface area contributed by atoms with Crippen molar-refractivity contribution in [2.45, 2.75) is 19.4 Å². The largest absolute Gasteiger partial charge is 0.481 e. The molecule has 0 aliphatic rings. The maximum absolute atomic E-state index is 13.5. The van der Waals surface area contributed by atoms with Crippen molar-refractivity contribution in [1.29, 1.82) is 0 Å². The predicted octanol–water partition coefficient (Wildman–Crippen LogP) is 2.14. The molecule has 2 N–H and O–H groups in total. The molecule has 1 rings (SSSR count). The molecule has 0 aliphatic heterocycles. The maximum Gasteiger partial charge on any atom is 0.317 e. The van der Waals surface area contributed by atoms with Crippen LogP contribution < -0.4 is 5.32 Å². The summed E-state index contributed by atoms with van der Waals surface area (Å²) < 4.78 is 26.3. The van der Waals surface area contributed by atoms with Crippen molar-refractivity contribution in [3.05, 3.63) is 35.4 Å². The Morgan fingerprint density at radius 1 is 1.40 bits per heavy atom. The second kappa shape index (κ2) is 6.83. The Bertz CT molecular complexity index is 508. The number of halogens is 2. The van der Waals surface area contributed by atoms with Gasteiger partial charge in [-0.2, -0.15) is 0 Å². The lowest BCUT2D eigenvalue weighted by atomic mass is 10.1. The number of aliphatic carboxylic acids is 1. The normalized spacial score (nSPS) is 11.8. The number of rotatable bonds is 5. The molecule has 0 spiro atoms. The van der Waals surface area contributed by atoms with Crippen molar-refractivity contribution < 1.29 is 23.5 Å². The monoisotopic (exact) mass is 286 g/mol. The number of carbonyl (C=O) groups is 2. The molecule has 0 unspecified atom stereocenters. The summed E-state index contributed by atoms with van der Waals surface area (Å²) in [5.41, 5.74) is 0.159. The summed E-state index contributed by atoms with van der Waals surface area (Å²) in [6.45, 7) is 1.60. The topological polar surface area (TPSA) is 69.6 Å². The van der Waals surface area contributed by atoms with Gasteiger partial charge in [0.2, 0.25) is 0 Å². The van der Waals surface area contributed by atoms with E-state index in [0.29, 0.717) is 0 Å². The zero-order valence-electron chi connectivity index (χ0n) is 11.2. The van der Waals surface area contributed by atoms with E-state index < -0.39 is 29.7 Å². The Labute approximate surface area is 115 Å². The summed E-state index contributed by atoms with van der Waals surface area (Å²) in [6, 6.07) is 1.92. The Kier molecular flexibility index (Phi) is 5.42. The fraction of sp³-hybridized carbons (Fsp3) is 0.385. The standard InChI is InChI=1S/C13H16F2N2O3/c1-8(10-4-3-9(14)7-11(10)15)16-13(20)17(2)6-5-12(18)19/h3-4,7-8H,5-6H2,1-2H3,(H,16,20)(H,18,19)/t8-/m1/s1. The zero-order chi connectivity index (χ0) is 15.3. The molecule has 110 valence electrons. The number of hydrogen-bond acceptors (Lipinski definition) is 2. The smallest absolute Gasteiger partial charge is 0.317 e. The number of carboxylic acids is 1. The molecule has 0 saturated heterocycles. The molecule has 1 atom stereocenters. The van der Waals surface area contributed by atoms with Gasteiger partial charge in [-0.1, -0.05) is 6.07 Å². The van der Waals surface area contributed by atoms with Gasteiger partial charge < -0.3 is 15.3 Å². The van der Waals surface area contributed by atoms with Crippen molar-refractivity contribution >= 4 is 12.0 Å². The fourth-order valence-corrected chi connectivity index (χ4v) is 1.59. The van der Waals surface area contributed by atoms with Gasteiger partial charge >= 0.3 is 12.0 Å². The molecule has 0 bridgehead atoms. The van der Waals surface area contributed by atoms with E-state index in [1.165, 1.54) is 18.0 Å². The van der Waals surface area contributed by atoms with Crippen LogP contribution in [0.15, 0.2) is 18.2 Å². The Balaban J connectivity index is 2.63. The van der Waals surface area contributed by atoms with E-state index in [0.717, 1.165) is 12.1 Å². The first kappa shape index (κ1) is 15.9. The minimum absolute atomic E-state index is 0.0415. The van der Waals surface area contributed by atoms with Gasteiger partial charge in [0.1, 0.15) is 11.6 Å². The average Bonchev–Trinajstić information content (AvgIpc) is 2.35. The van der Waals surface area contributed by atoms with Gasteiger partial charge in [-0.25, -0.2) is 13.6 Å². The van der Waals surface area contributed by atoms with Crippen molar-refractivity contribution in [2.75, 3.05) is 13.6 Å². The Morgan fingerprint density at radius 3 is 2.60 bits per heavy atom. The first-order valence-electron chi connectivity index (χ1n) is 5.99. The highest BCUT2D eigenvalue weighted by Gasteiger charge is 2.17. The van der Waals surface area contributed by atoms with E-state index in [1.54, 1.807) is 6.92 Å². The quantitative estimate of drug-likeness (QED) is 0.871. The minimum Gasteiger partial charge on any atom is -0.481 e.